The lowest BCUT2D eigenvalue weighted by molar-refractivity contribution is -0.121. The summed E-state index contributed by atoms with van der Waals surface area (Å²) in [6.45, 7) is 0. The molecule has 186 valence electrons. The fraction of sp³-hybridized carbons (Fsp3) is 0.0667. The summed E-state index contributed by atoms with van der Waals surface area (Å²) in [4.78, 5) is 33.7. The molecule has 0 unspecified atom stereocenters. The van der Waals surface area contributed by atoms with Gasteiger partial charge in [0.2, 0.25) is 23.6 Å². The predicted octanol–water partition coefficient (Wildman–Crippen LogP) is 6.66. The van der Waals surface area contributed by atoms with E-state index in [4.69, 9.17) is 8.83 Å². The zero-order valence-electron chi connectivity index (χ0n) is 20.2. The molecular weight excluding hydrogens is 480 g/mol. The van der Waals surface area contributed by atoms with Gasteiger partial charge in [0.25, 0.3) is 0 Å². The standard InChI is InChI=1S/C30H22N4O4/c35-27(31-21-13-9-19(10-14-21)29-33-23-5-1-3-7-25(23)37-29)17-18-28(36)32-22-15-11-20(12-16-22)30-34-24-6-2-4-8-26(24)38-30/h1-16H,17-18H2,(H,31,35)(H,32,36). The van der Waals surface area contributed by atoms with Gasteiger partial charge in [-0.3, -0.25) is 9.59 Å². The van der Waals surface area contributed by atoms with Crippen LogP contribution in [-0.2, 0) is 9.59 Å². The van der Waals surface area contributed by atoms with Crippen LogP contribution in [-0.4, -0.2) is 21.8 Å². The highest BCUT2D eigenvalue weighted by molar-refractivity contribution is 5.97. The Bertz CT molecular complexity index is 1550. The lowest BCUT2D eigenvalue weighted by atomic mass is 10.2. The molecular formula is C30H22N4O4. The normalized spacial score (nSPS) is 11.1. The van der Waals surface area contributed by atoms with E-state index in [9.17, 15) is 9.59 Å². The van der Waals surface area contributed by atoms with Crippen LogP contribution < -0.4 is 10.6 Å². The molecule has 38 heavy (non-hydrogen) atoms. The number of para-hydroxylation sites is 4. The number of hydrogen-bond donors (Lipinski definition) is 2. The summed E-state index contributed by atoms with van der Waals surface area (Å²) >= 11 is 0. The summed E-state index contributed by atoms with van der Waals surface area (Å²) in [5.74, 6) is 0.535. The van der Waals surface area contributed by atoms with Crippen molar-refractivity contribution in [1.82, 2.24) is 9.97 Å². The molecule has 2 amide bonds. The molecule has 6 aromatic rings. The lowest BCUT2D eigenvalue weighted by Gasteiger charge is -2.07. The third kappa shape index (κ3) is 5.01. The Labute approximate surface area is 217 Å². The van der Waals surface area contributed by atoms with Gasteiger partial charge in [-0.25, -0.2) is 9.97 Å². The number of carbonyl (C=O) groups excluding carboxylic acids is 2. The highest BCUT2D eigenvalue weighted by atomic mass is 16.4. The van der Waals surface area contributed by atoms with E-state index in [-0.39, 0.29) is 24.7 Å². The number of nitrogens with zero attached hydrogens (tertiary/aromatic N) is 2. The molecule has 0 aliphatic rings. The van der Waals surface area contributed by atoms with Crippen LogP contribution in [0.1, 0.15) is 12.8 Å². The molecule has 6 rings (SSSR count). The van der Waals surface area contributed by atoms with Gasteiger partial charge in [-0.15, -0.1) is 0 Å². The Morgan fingerprint density at radius 1 is 0.553 bits per heavy atom. The van der Waals surface area contributed by atoms with E-state index in [1.807, 2.05) is 72.8 Å². The largest absolute Gasteiger partial charge is 0.436 e. The minimum atomic E-state index is -0.249. The number of hydrogen-bond acceptors (Lipinski definition) is 6. The molecule has 2 aromatic heterocycles. The van der Waals surface area contributed by atoms with Crippen molar-refractivity contribution in [1.29, 1.82) is 0 Å². The number of aromatic nitrogens is 2. The van der Waals surface area contributed by atoms with Crippen LogP contribution in [0.2, 0.25) is 0 Å². The molecule has 0 atom stereocenters. The van der Waals surface area contributed by atoms with Crippen LogP contribution >= 0.6 is 0 Å². The summed E-state index contributed by atoms with van der Waals surface area (Å²) in [5, 5.41) is 5.63. The van der Waals surface area contributed by atoms with Gasteiger partial charge in [0, 0.05) is 35.3 Å². The van der Waals surface area contributed by atoms with Crippen LogP contribution in [0.25, 0.3) is 45.1 Å². The number of nitrogens with one attached hydrogen (secondary N) is 2. The van der Waals surface area contributed by atoms with Gasteiger partial charge in [-0.2, -0.15) is 0 Å². The Hall–Kier alpha value is -5.24. The highest BCUT2D eigenvalue weighted by Gasteiger charge is 2.11. The molecule has 0 aliphatic heterocycles. The number of amides is 2. The SMILES string of the molecule is O=C(CCC(=O)Nc1ccc(-c2nc3ccccc3o2)cc1)Nc1ccc(-c2nc3ccccc3o2)cc1. The zero-order valence-corrected chi connectivity index (χ0v) is 20.2. The van der Waals surface area contributed by atoms with Crippen molar-refractivity contribution in [2.75, 3.05) is 10.6 Å². The molecule has 8 heteroatoms. The smallest absolute Gasteiger partial charge is 0.227 e. The fourth-order valence-electron chi connectivity index (χ4n) is 4.06. The number of anilines is 2. The summed E-state index contributed by atoms with van der Waals surface area (Å²) in [7, 11) is 0. The molecule has 0 fully saturated rings. The maximum Gasteiger partial charge on any atom is 0.227 e. The molecule has 2 N–H and O–H groups in total. The van der Waals surface area contributed by atoms with Crippen molar-refractivity contribution in [3.63, 3.8) is 0 Å². The second-order valence-electron chi connectivity index (χ2n) is 8.72. The first-order valence-electron chi connectivity index (χ1n) is 12.1. The lowest BCUT2D eigenvalue weighted by Crippen LogP contribution is -2.17. The number of fused-ring (bicyclic) bond motifs is 2. The van der Waals surface area contributed by atoms with Gasteiger partial charge in [-0.05, 0) is 72.8 Å². The molecule has 0 spiro atoms. The quantitative estimate of drug-likeness (QED) is 0.253. The van der Waals surface area contributed by atoms with Crippen molar-refractivity contribution in [3.05, 3.63) is 97.1 Å². The van der Waals surface area contributed by atoms with E-state index in [2.05, 4.69) is 20.6 Å². The Balaban J connectivity index is 1.000. The monoisotopic (exact) mass is 502 g/mol. The topological polar surface area (TPSA) is 110 Å². The van der Waals surface area contributed by atoms with Crippen LogP contribution in [0, 0.1) is 0 Å². The van der Waals surface area contributed by atoms with Crippen LogP contribution in [0.4, 0.5) is 11.4 Å². The molecule has 0 bridgehead atoms. The van der Waals surface area contributed by atoms with E-state index >= 15 is 0 Å². The Morgan fingerprint density at radius 2 is 0.947 bits per heavy atom. The first-order valence-corrected chi connectivity index (χ1v) is 12.1. The average molecular weight is 503 g/mol. The van der Waals surface area contributed by atoms with Crippen LogP contribution in [0.5, 0.6) is 0 Å². The second-order valence-corrected chi connectivity index (χ2v) is 8.72. The molecule has 4 aromatic carbocycles. The maximum absolute atomic E-state index is 12.4. The van der Waals surface area contributed by atoms with Crippen molar-refractivity contribution >= 4 is 45.4 Å². The van der Waals surface area contributed by atoms with Gasteiger partial charge < -0.3 is 19.5 Å². The summed E-state index contributed by atoms with van der Waals surface area (Å²) in [6, 6.07) is 29.6. The van der Waals surface area contributed by atoms with E-state index in [1.54, 1.807) is 24.3 Å². The van der Waals surface area contributed by atoms with Crippen molar-refractivity contribution in [3.8, 4) is 22.9 Å². The average Bonchev–Trinajstić information content (AvgIpc) is 3.57. The Morgan fingerprint density at radius 3 is 1.34 bits per heavy atom. The summed E-state index contributed by atoms with van der Waals surface area (Å²) in [5.41, 5.74) is 5.89. The van der Waals surface area contributed by atoms with Crippen molar-refractivity contribution in [2.24, 2.45) is 0 Å². The Kier molecular flexibility index (Phi) is 6.11. The van der Waals surface area contributed by atoms with E-state index in [0.717, 1.165) is 33.3 Å². The minimum Gasteiger partial charge on any atom is -0.436 e. The number of carbonyl (C=O) groups is 2. The molecule has 2 heterocycles. The summed E-state index contributed by atoms with van der Waals surface area (Å²) in [6.07, 6.45) is 0.111. The predicted molar refractivity (Wildman–Crippen MR) is 145 cm³/mol. The second kappa shape index (κ2) is 10.0. The van der Waals surface area contributed by atoms with Crippen molar-refractivity contribution < 1.29 is 18.4 Å². The highest BCUT2D eigenvalue weighted by Crippen LogP contribution is 2.26. The van der Waals surface area contributed by atoms with E-state index in [0.29, 0.717) is 23.2 Å². The van der Waals surface area contributed by atoms with Gasteiger partial charge in [-0.1, -0.05) is 24.3 Å². The molecule has 8 nitrogen and oxygen atoms in total. The van der Waals surface area contributed by atoms with E-state index < -0.39 is 0 Å². The molecule has 0 saturated heterocycles. The van der Waals surface area contributed by atoms with E-state index in [1.165, 1.54) is 0 Å². The van der Waals surface area contributed by atoms with Crippen LogP contribution in [0.15, 0.2) is 106 Å². The number of rotatable bonds is 7. The van der Waals surface area contributed by atoms with Gasteiger partial charge in [0.05, 0.1) is 0 Å². The number of oxazole rings is 2. The first kappa shape index (κ1) is 23.2. The van der Waals surface area contributed by atoms with Crippen LogP contribution in [0.3, 0.4) is 0 Å². The van der Waals surface area contributed by atoms with Gasteiger partial charge >= 0.3 is 0 Å². The summed E-state index contributed by atoms with van der Waals surface area (Å²) < 4.78 is 11.6. The maximum atomic E-state index is 12.4. The number of benzene rings is 4. The molecule has 0 radical (unpaired) electrons. The van der Waals surface area contributed by atoms with Crippen molar-refractivity contribution in [2.45, 2.75) is 12.8 Å². The fourth-order valence-corrected chi connectivity index (χ4v) is 4.06. The van der Waals surface area contributed by atoms with Gasteiger partial charge in [0.1, 0.15) is 11.0 Å². The molecule has 0 aliphatic carbocycles. The third-order valence-electron chi connectivity index (χ3n) is 6.00. The minimum absolute atomic E-state index is 0.0553. The van der Waals surface area contributed by atoms with Gasteiger partial charge in [0.15, 0.2) is 11.2 Å². The third-order valence-corrected chi connectivity index (χ3v) is 6.00. The molecule has 0 saturated carbocycles. The zero-order chi connectivity index (χ0) is 25.9. The first-order chi connectivity index (χ1) is 18.6.